The van der Waals surface area contributed by atoms with Crippen molar-refractivity contribution in [2.75, 3.05) is 4.90 Å². The number of aliphatic hydroxyl groups excluding tert-OH is 1. The molecule has 1 aliphatic rings. The maximum atomic E-state index is 13.9. The summed E-state index contributed by atoms with van der Waals surface area (Å²) in [7, 11) is 1.89. The Bertz CT molecular complexity index is 1730. The molecule has 1 amide bonds. The second-order valence-electron chi connectivity index (χ2n) is 8.65. The van der Waals surface area contributed by atoms with E-state index in [9.17, 15) is 14.7 Å². The van der Waals surface area contributed by atoms with Gasteiger partial charge in [0.25, 0.3) is 5.91 Å². The first kappa shape index (κ1) is 22.5. The molecule has 1 atom stereocenters. The van der Waals surface area contributed by atoms with E-state index < -0.39 is 23.5 Å². The highest BCUT2D eigenvalue weighted by atomic mass is 35.5. The van der Waals surface area contributed by atoms with Crippen LogP contribution in [-0.4, -0.2) is 21.4 Å². The largest absolute Gasteiger partial charge is 0.503 e. The molecule has 0 saturated heterocycles. The average Bonchev–Trinajstić information content (AvgIpc) is 3.52. The van der Waals surface area contributed by atoms with Gasteiger partial charge >= 0.3 is 0 Å². The molecule has 2 aromatic heterocycles. The van der Waals surface area contributed by atoms with Crippen molar-refractivity contribution in [1.29, 1.82) is 0 Å². The maximum absolute atomic E-state index is 13.9. The van der Waals surface area contributed by atoms with Gasteiger partial charge < -0.3 is 14.1 Å². The van der Waals surface area contributed by atoms with Crippen molar-refractivity contribution in [1.82, 2.24) is 4.57 Å². The Hall–Kier alpha value is -4.00. The molecule has 5 aromatic rings. The maximum Gasteiger partial charge on any atom is 0.294 e. The minimum Gasteiger partial charge on any atom is -0.503 e. The van der Waals surface area contributed by atoms with Crippen LogP contribution in [0.3, 0.4) is 0 Å². The molecule has 0 bridgehead atoms. The molecule has 3 aromatic carbocycles. The monoisotopic (exact) mass is 516 g/mol. The first-order valence-corrected chi connectivity index (χ1v) is 11.9. The lowest BCUT2D eigenvalue weighted by Crippen LogP contribution is -2.31. The lowest BCUT2D eigenvalue weighted by atomic mass is 9.94. The fourth-order valence-corrected chi connectivity index (χ4v) is 5.16. The number of carbonyl (C=O) groups excluding carboxylic acids is 2. The number of fused-ring (bicyclic) bond motifs is 2. The number of para-hydroxylation sites is 1. The Morgan fingerprint density at radius 2 is 1.69 bits per heavy atom. The van der Waals surface area contributed by atoms with Crippen molar-refractivity contribution in [2.24, 2.45) is 7.05 Å². The highest BCUT2D eigenvalue weighted by Gasteiger charge is 2.46. The number of aryl methyl sites for hydroxylation is 1. The van der Waals surface area contributed by atoms with Crippen LogP contribution in [0.25, 0.3) is 21.9 Å². The van der Waals surface area contributed by atoms with E-state index in [0.717, 1.165) is 10.9 Å². The van der Waals surface area contributed by atoms with Gasteiger partial charge in [-0.2, -0.15) is 0 Å². The van der Waals surface area contributed by atoms with Crippen molar-refractivity contribution < 1.29 is 19.1 Å². The number of furan rings is 1. The van der Waals surface area contributed by atoms with E-state index in [2.05, 4.69) is 0 Å². The summed E-state index contributed by atoms with van der Waals surface area (Å²) < 4.78 is 7.73. The predicted octanol–water partition coefficient (Wildman–Crippen LogP) is 7.01. The second kappa shape index (κ2) is 8.29. The molecule has 36 heavy (non-hydrogen) atoms. The molecule has 0 radical (unpaired) electrons. The number of rotatable bonds is 4. The highest BCUT2D eigenvalue weighted by molar-refractivity contribution is 6.31. The first-order valence-electron chi connectivity index (χ1n) is 11.1. The molecule has 178 valence electrons. The average molecular weight is 517 g/mol. The Morgan fingerprint density at radius 3 is 2.47 bits per heavy atom. The number of carbonyl (C=O) groups is 2. The predicted molar refractivity (Wildman–Crippen MR) is 140 cm³/mol. The van der Waals surface area contributed by atoms with Gasteiger partial charge in [-0.1, -0.05) is 41.4 Å². The smallest absolute Gasteiger partial charge is 0.294 e. The molecular formula is C28H18Cl2N2O4. The van der Waals surface area contributed by atoms with E-state index in [1.54, 1.807) is 48.5 Å². The molecule has 0 aliphatic carbocycles. The number of benzene rings is 3. The fraction of sp³-hybridized carbons (Fsp3) is 0.0714. The van der Waals surface area contributed by atoms with Gasteiger partial charge in [-0.15, -0.1) is 0 Å². The first-order chi connectivity index (χ1) is 17.3. The van der Waals surface area contributed by atoms with E-state index in [1.165, 1.54) is 4.90 Å². The number of amides is 1. The van der Waals surface area contributed by atoms with Gasteiger partial charge in [-0.05, 0) is 54.6 Å². The van der Waals surface area contributed by atoms with Crippen LogP contribution in [0.15, 0.2) is 94.7 Å². The van der Waals surface area contributed by atoms with E-state index >= 15 is 0 Å². The molecule has 1 aliphatic heterocycles. The molecule has 6 nitrogen and oxygen atoms in total. The van der Waals surface area contributed by atoms with Gasteiger partial charge in [0.2, 0.25) is 5.78 Å². The van der Waals surface area contributed by atoms with Crippen LogP contribution in [-0.2, 0) is 11.8 Å². The number of nitrogens with zero attached hydrogens (tertiary/aromatic N) is 2. The molecule has 0 spiro atoms. The minimum absolute atomic E-state index is 0.00445. The summed E-state index contributed by atoms with van der Waals surface area (Å²) >= 11 is 12.2. The third-order valence-electron chi connectivity index (χ3n) is 6.48. The highest BCUT2D eigenvalue weighted by Crippen LogP contribution is 2.45. The van der Waals surface area contributed by atoms with Gasteiger partial charge in [-0.25, -0.2) is 0 Å². The van der Waals surface area contributed by atoms with E-state index in [4.69, 9.17) is 27.6 Å². The fourth-order valence-electron chi connectivity index (χ4n) is 4.85. The Labute approximate surface area is 215 Å². The second-order valence-corrected chi connectivity index (χ2v) is 9.52. The summed E-state index contributed by atoms with van der Waals surface area (Å²) in [4.78, 5) is 28.7. The molecule has 8 heteroatoms. The quantitative estimate of drug-likeness (QED) is 0.260. The third-order valence-corrected chi connectivity index (χ3v) is 6.97. The number of aromatic nitrogens is 1. The summed E-state index contributed by atoms with van der Waals surface area (Å²) in [5, 5.41) is 13.6. The number of halogens is 2. The molecule has 0 fully saturated rings. The standard InChI is InChI=1S/C28H18Cl2N2O4/c1-31-14-20(19-4-2-3-5-21(19)31)25-24(26(33)23-13-15-12-17(30)8-11-22(15)36-23)27(34)28(35)32(25)18-9-6-16(29)7-10-18/h2-14,25,34H,1H3. The third kappa shape index (κ3) is 3.41. The van der Waals surface area contributed by atoms with Crippen LogP contribution in [0.4, 0.5) is 5.69 Å². The van der Waals surface area contributed by atoms with Gasteiger partial charge in [0.15, 0.2) is 11.5 Å². The lowest BCUT2D eigenvalue weighted by molar-refractivity contribution is -0.117. The van der Waals surface area contributed by atoms with Crippen LogP contribution in [0.2, 0.25) is 10.0 Å². The zero-order valence-corrected chi connectivity index (χ0v) is 20.4. The number of hydrogen-bond donors (Lipinski definition) is 1. The van der Waals surface area contributed by atoms with E-state index in [1.807, 2.05) is 42.1 Å². The SMILES string of the molecule is Cn1cc(C2C(C(=O)c3cc4cc(Cl)ccc4o3)=C(O)C(=O)N2c2ccc(Cl)cc2)c2ccccc21. The molecule has 3 heterocycles. The number of Topliss-reactive ketones (excluding diaryl/α,β-unsaturated/α-hetero) is 1. The Balaban J connectivity index is 1.56. The molecule has 1 unspecified atom stereocenters. The summed E-state index contributed by atoms with van der Waals surface area (Å²) in [6, 6.07) is 20.1. The number of hydrogen-bond acceptors (Lipinski definition) is 4. The van der Waals surface area contributed by atoms with Crippen molar-refractivity contribution in [3.8, 4) is 0 Å². The summed E-state index contributed by atoms with van der Waals surface area (Å²) in [5.74, 6) is -1.88. The molecule has 0 saturated carbocycles. The zero-order valence-electron chi connectivity index (χ0n) is 18.9. The zero-order chi connectivity index (χ0) is 25.1. The topological polar surface area (TPSA) is 75.7 Å². The van der Waals surface area contributed by atoms with Crippen LogP contribution in [0.1, 0.15) is 22.2 Å². The number of aliphatic hydroxyl groups is 1. The Kier molecular flexibility index (Phi) is 5.18. The number of ketones is 1. The van der Waals surface area contributed by atoms with Gasteiger partial charge in [-0.3, -0.25) is 14.5 Å². The molecule has 6 rings (SSSR count). The number of anilines is 1. The summed E-state index contributed by atoms with van der Waals surface area (Å²) in [6.07, 6.45) is 1.87. The van der Waals surface area contributed by atoms with Gasteiger partial charge in [0, 0.05) is 50.8 Å². The molecular weight excluding hydrogens is 499 g/mol. The lowest BCUT2D eigenvalue weighted by Gasteiger charge is -2.26. The van der Waals surface area contributed by atoms with Crippen molar-refractivity contribution >= 4 is 62.5 Å². The van der Waals surface area contributed by atoms with Crippen LogP contribution in [0.5, 0.6) is 0 Å². The molecule has 1 N–H and O–H groups in total. The van der Waals surface area contributed by atoms with Crippen LogP contribution >= 0.6 is 23.2 Å². The van der Waals surface area contributed by atoms with E-state index in [-0.39, 0.29) is 11.3 Å². The van der Waals surface area contributed by atoms with Gasteiger partial charge in [0.1, 0.15) is 5.58 Å². The van der Waals surface area contributed by atoms with Crippen molar-refractivity contribution in [3.05, 3.63) is 112 Å². The normalized spacial score (nSPS) is 16.0. The summed E-state index contributed by atoms with van der Waals surface area (Å²) in [5.41, 5.74) is 2.53. The summed E-state index contributed by atoms with van der Waals surface area (Å²) in [6.45, 7) is 0. The van der Waals surface area contributed by atoms with Gasteiger partial charge in [0.05, 0.1) is 11.6 Å². The Morgan fingerprint density at radius 1 is 0.972 bits per heavy atom. The minimum atomic E-state index is -0.894. The van der Waals surface area contributed by atoms with Crippen molar-refractivity contribution in [2.45, 2.75) is 6.04 Å². The van der Waals surface area contributed by atoms with Crippen molar-refractivity contribution in [3.63, 3.8) is 0 Å². The van der Waals surface area contributed by atoms with Crippen LogP contribution < -0.4 is 4.90 Å². The van der Waals surface area contributed by atoms with Crippen LogP contribution in [0, 0.1) is 0 Å². The van der Waals surface area contributed by atoms with E-state index in [0.29, 0.717) is 32.3 Å².